The number of carbonyl (C=O) groups excluding carboxylic acids is 5. The zero-order valence-corrected chi connectivity index (χ0v) is 26.5. The number of rotatable bonds is 5. The third-order valence-corrected chi connectivity index (χ3v) is 5.63. The van der Waals surface area contributed by atoms with Gasteiger partial charge in [-0.25, -0.2) is 0 Å². The molecule has 2 aliphatic heterocycles. The molecule has 0 radical (unpaired) electrons. The normalized spacial score (nSPS) is 18.8. The Hall–Kier alpha value is -2.49. The molecule has 39 heavy (non-hydrogen) atoms. The summed E-state index contributed by atoms with van der Waals surface area (Å²) in [5.41, 5.74) is 5.70. The molecule has 2 saturated heterocycles. The predicted molar refractivity (Wildman–Crippen MR) is 157 cm³/mol. The number of aliphatic carboxylic acids is 1. The highest BCUT2D eigenvalue weighted by molar-refractivity contribution is 14.1. The Morgan fingerprint density at radius 1 is 0.846 bits per heavy atom. The van der Waals surface area contributed by atoms with E-state index in [9.17, 15) is 24.0 Å². The van der Waals surface area contributed by atoms with E-state index < -0.39 is 18.1 Å². The van der Waals surface area contributed by atoms with Gasteiger partial charge in [0, 0.05) is 55.1 Å². The van der Waals surface area contributed by atoms with Crippen molar-refractivity contribution in [1.29, 1.82) is 0 Å². The molecule has 13 nitrogen and oxygen atoms in total. The van der Waals surface area contributed by atoms with Gasteiger partial charge in [-0.1, -0.05) is 22.6 Å². The topological polar surface area (TPSA) is 174 Å². The van der Waals surface area contributed by atoms with E-state index in [1.54, 1.807) is 33.1 Å². The molecule has 2 atom stereocenters. The van der Waals surface area contributed by atoms with Gasteiger partial charge in [0.05, 0.1) is 19.1 Å². The lowest BCUT2D eigenvalue weighted by Crippen LogP contribution is -2.49. The zero-order chi connectivity index (χ0) is 30.7. The van der Waals surface area contributed by atoms with E-state index in [2.05, 4.69) is 27.9 Å². The van der Waals surface area contributed by atoms with Crippen molar-refractivity contribution in [3.05, 3.63) is 0 Å². The van der Waals surface area contributed by atoms with Crippen LogP contribution in [-0.2, 0) is 28.8 Å². The van der Waals surface area contributed by atoms with Crippen molar-refractivity contribution in [1.82, 2.24) is 24.9 Å². The van der Waals surface area contributed by atoms with Crippen LogP contribution in [0, 0.1) is 0 Å². The summed E-state index contributed by atoms with van der Waals surface area (Å²) in [7, 11) is 6.70. The molecule has 0 aromatic rings. The molecule has 2 heterocycles. The third kappa shape index (κ3) is 17.7. The molecule has 0 aromatic heterocycles. The molecule has 0 spiro atoms. The van der Waals surface area contributed by atoms with Crippen LogP contribution in [0.3, 0.4) is 0 Å². The summed E-state index contributed by atoms with van der Waals surface area (Å²) >= 11 is 2.15. The average Bonchev–Trinajstić information content (AvgIpc) is 3.11. The van der Waals surface area contributed by atoms with Crippen molar-refractivity contribution in [2.24, 2.45) is 5.73 Å². The second-order valence-electron chi connectivity index (χ2n) is 9.47. The largest absolute Gasteiger partial charge is 0.481 e. The van der Waals surface area contributed by atoms with Crippen LogP contribution in [0.4, 0.5) is 0 Å². The van der Waals surface area contributed by atoms with Crippen LogP contribution in [0.5, 0.6) is 0 Å². The van der Waals surface area contributed by atoms with E-state index in [1.165, 1.54) is 21.6 Å². The van der Waals surface area contributed by atoms with E-state index in [0.29, 0.717) is 19.5 Å². The Morgan fingerprint density at radius 2 is 1.23 bits per heavy atom. The van der Waals surface area contributed by atoms with Crippen molar-refractivity contribution in [2.75, 3.05) is 59.3 Å². The van der Waals surface area contributed by atoms with Gasteiger partial charge in [0.2, 0.25) is 29.5 Å². The summed E-state index contributed by atoms with van der Waals surface area (Å²) < 4.78 is 0. The molecule has 0 saturated carbocycles. The van der Waals surface area contributed by atoms with E-state index >= 15 is 0 Å². The fourth-order valence-corrected chi connectivity index (χ4v) is 3.54. The Morgan fingerprint density at radius 3 is 1.62 bits per heavy atom. The van der Waals surface area contributed by atoms with Crippen molar-refractivity contribution in [3.63, 3.8) is 0 Å². The summed E-state index contributed by atoms with van der Waals surface area (Å²) in [6, 6.07) is -0.914. The summed E-state index contributed by atoms with van der Waals surface area (Å²) in [5.74, 6) is -1.46. The number of carboxylic acid groups (broad SMARTS) is 1. The van der Waals surface area contributed by atoms with Gasteiger partial charge < -0.3 is 35.8 Å². The van der Waals surface area contributed by atoms with Crippen LogP contribution in [-0.4, -0.2) is 132 Å². The molecule has 4 N–H and O–H groups in total. The van der Waals surface area contributed by atoms with Gasteiger partial charge in [-0.05, 0) is 43.5 Å². The van der Waals surface area contributed by atoms with Crippen molar-refractivity contribution >= 4 is 58.1 Å². The first-order valence-electron chi connectivity index (χ1n) is 12.7. The summed E-state index contributed by atoms with van der Waals surface area (Å²) in [6.07, 6.45) is 5.00. The van der Waals surface area contributed by atoms with E-state index in [-0.39, 0.29) is 42.6 Å². The molecule has 2 unspecified atom stereocenters. The molecule has 14 heteroatoms. The number of likely N-dealkylation sites (tertiary alicyclic amines) is 2. The Kier molecular flexibility index (Phi) is 21.2. The molecule has 0 aromatic carbocycles. The number of halogens is 1. The van der Waals surface area contributed by atoms with Crippen molar-refractivity contribution in [3.8, 4) is 0 Å². The first-order valence-corrected chi connectivity index (χ1v) is 14.9. The standard InChI is InChI=1S/C12H21N3O3.C10H19N3O2.C2H4O2.CH3I/c1-9(16)13-10-6-4-5-7-15(12(10)18)8-11(17)14(2)3;1-12(2)9(14)7-13-6-4-3-5-8(11)10(13)15;1-2(3)4;1-2/h10H,4-8H2,1-3H3,(H,13,16);8H,3-7,11H2,1-2H3;1H3,(H,3,4);1H3. The van der Waals surface area contributed by atoms with Crippen molar-refractivity contribution in [2.45, 2.75) is 64.5 Å². The lowest BCUT2D eigenvalue weighted by molar-refractivity contribution is -0.141. The Balaban J connectivity index is 0. The maximum absolute atomic E-state index is 12.2. The van der Waals surface area contributed by atoms with Crippen LogP contribution in [0.15, 0.2) is 0 Å². The number of carbonyl (C=O) groups is 6. The van der Waals surface area contributed by atoms with Crippen LogP contribution >= 0.6 is 22.6 Å². The molecular weight excluding hydrogens is 623 g/mol. The number of alkyl halides is 1. The van der Waals surface area contributed by atoms with Gasteiger partial charge in [0.25, 0.3) is 5.97 Å². The number of carboxylic acids is 1. The highest BCUT2D eigenvalue weighted by Gasteiger charge is 2.29. The molecule has 2 fully saturated rings. The lowest BCUT2D eigenvalue weighted by Gasteiger charge is -2.25. The number of nitrogens with one attached hydrogen (secondary N) is 1. The van der Waals surface area contributed by atoms with Gasteiger partial charge in [0.1, 0.15) is 6.04 Å². The minimum absolute atomic E-state index is 0.0579. The number of hydrogen-bond donors (Lipinski definition) is 3. The molecule has 2 rings (SSSR count). The van der Waals surface area contributed by atoms with Gasteiger partial charge in [-0.3, -0.25) is 28.8 Å². The highest BCUT2D eigenvalue weighted by atomic mass is 127. The zero-order valence-electron chi connectivity index (χ0n) is 24.4. The number of amides is 5. The highest BCUT2D eigenvalue weighted by Crippen LogP contribution is 2.12. The number of likely N-dealkylation sites (N-methyl/N-ethyl adjacent to an activating group) is 2. The quantitative estimate of drug-likeness (QED) is 0.274. The van der Waals surface area contributed by atoms with Crippen LogP contribution in [0.2, 0.25) is 0 Å². The van der Waals surface area contributed by atoms with Crippen LogP contribution < -0.4 is 11.1 Å². The Labute approximate surface area is 245 Å². The molecule has 0 bridgehead atoms. The van der Waals surface area contributed by atoms with E-state index in [4.69, 9.17) is 15.6 Å². The maximum Gasteiger partial charge on any atom is 0.300 e. The van der Waals surface area contributed by atoms with Gasteiger partial charge in [0.15, 0.2) is 0 Å². The summed E-state index contributed by atoms with van der Waals surface area (Å²) in [6.45, 7) is 3.94. The van der Waals surface area contributed by atoms with E-state index in [1.807, 2.05) is 4.93 Å². The fraction of sp³-hybridized carbons (Fsp3) is 0.760. The van der Waals surface area contributed by atoms with Crippen LogP contribution in [0.25, 0.3) is 0 Å². The van der Waals surface area contributed by atoms with Crippen LogP contribution in [0.1, 0.15) is 52.4 Å². The minimum Gasteiger partial charge on any atom is -0.481 e. The predicted octanol–water partition coefficient (Wildman–Crippen LogP) is 0.148. The number of nitrogens with zero attached hydrogens (tertiary/aromatic N) is 4. The lowest BCUT2D eigenvalue weighted by atomic mass is 10.1. The van der Waals surface area contributed by atoms with Gasteiger partial charge in [-0.2, -0.15) is 0 Å². The second-order valence-corrected chi connectivity index (χ2v) is 9.47. The smallest absolute Gasteiger partial charge is 0.300 e. The Bertz CT molecular complexity index is 806. The number of nitrogens with two attached hydrogens (primary N) is 1. The molecule has 2 aliphatic rings. The van der Waals surface area contributed by atoms with Crippen molar-refractivity contribution < 1.29 is 33.9 Å². The monoisotopic (exact) mass is 670 g/mol. The van der Waals surface area contributed by atoms with Gasteiger partial charge >= 0.3 is 0 Å². The second kappa shape index (κ2) is 21.3. The molecular formula is C25H47IN6O7. The first kappa shape index (κ1) is 38.7. The maximum atomic E-state index is 12.2. The number of hydrogen-bond acceptors (Lipinski definition) is 7. The molecule has 226 valence electrons. The molecule has 5 amide bonds. The molecule has 0 aliphatic carbocycles. The van der Waals surface area contributed by atoms with E-state index in [0.717, 1.165) is 39.0 Å². The SMILES string of the molecule is CC(=O)NC1CCCCN(CC(=O)N(C)C)C1=O.CC(=O)O.CI.CN(C)C(=O)CN1CCCCC(N)C1=O. The van der Waals surface area contributed by atoms with Gasteiger partial charge in [-0.15, -0.1) is 0 Å². The minimum atomic E-state index is -0.833. The third-order valence-electron chi connectivity index (χ3n) is 5.63. The summed E-state index contributed by atoms with van der Waals surface area (Å²) in [5, 5.41) is 10.1. The first-order chi connectivity index (χ1) is 18.2. The fourth-order valence-electron chi connectivity index (χ4n) is 3.54. The summed E-state index contributed by atoms with van der Waals surface area (Å²) in [4.78, 5) is 75.1. The average molecular weight is 671 g/mol.